The van der Waals surface area contributed by atoms with E-state index < -0.39 is 0 Å². The first-order valence-electron chi connectivity index (χ1n) is 5.14. The van der Waals surface area contributed by atoms with E-state index in [0.717, 1.165) is 34.7 Å². The van der Waals surface area contributed by atoms with Crippen LogP contribution in [0.25, 0.3) is 0 Å². The van der Waals surface area contributed by atoms with Crippen molar-refractivity contribution in [2.24, 2.45) is 5.92 Å². The van der Waals surface area contributed by atoms with Crippen LogP contribution < -0.4 is 4.74 Å². The average Bonchev–Trinajstić information content (AvgIpc) is 2.27. The predicted molar refractivity (Wildman–Crippen MR) is 69.3 cm³/mol. The highest BCUT2D eigenvalue weighted by atomic mass is 79.9. The van der Waals surface area contributed by atoms with Crippen LogP contribution in [0.5, 0.6) is 5.75 Å². The minimum absolute atomic E-state index is 0.519. The average molecular weight is 292 g/mol. The van der Waals surface area contributed by atoms with Crippen LogP contribution in [0.3, 0.4) is 0 Å². The molecule has 1 aromatic rings. The molecule has 0 saturated carbocycles. The summed E-state index contributed by atoms with van der Waals surface area (Å²) in [5.41, 5.74) is 1.14. The lowest BCUT2D eigenvalue weighted by Gasteiger charge is -2.11. The normalized spacial score (nSPS) is 12.5. The quantitative estimate of drug-likeness (QED) is 0.735. The zero-order valence-corrected chi connectivity index (χ0v) is 11.4. The Kier molecular flexibility index (Phi) is 5.48. The minimum Gasteiger partial charge on any atom is -0.493 e. The van der Waals surface area contributed by atoms with Crippen molar-refractivity contribution >= 4 is 27.5 Å². The minimum atomic E-state index is 0.519. The summed E-state index contributed by atoms with van der Waals surface area (Å²) < 4.78 is 5.67. The van der Waals surface area contributed by atoms with Gasteiger partial charge in [0, 0.05) is 10.4 Å². The van der Waals surface area contributed by atoms with E-state index >= 15 is 0 Å². The van der Waals surface area contributed by atoms with Gasteiger partial charge in [0.15, 0.2) is 0 Å². The van der Waals surface area contributed by atoms with Crippen LogP contribution in [0.15, 0.2) is 18.2 Å². The Morgan fingerprint density at radius 3 is 2.80 bits per heavy atom. The van der Waals surface area contributed by atoms with Crippen molar-refractivity contribution in [2.45, 2.75) is 20.3 Å². The first kappa shape index (κ1) is 12.9. The predicted octanol–water partition coefficient (Wildman–Crippen LogP) is 4.31. The molecule has 0 aliphatic carbocycles. The van der Waals surface area contributed by atoms with Crippen molar-refractivity contribution in [3.05, 3.63) is 28.8 Å². The number of rotatable bonds is 5. The van der Waals surface area contributed by atoms with E-state index in [1.807, 2.05) is 18.2 Å². The van der Waals surface area contributed by atoms with Crippen molar-refractivity contribution < 1.29 is 4.74 Å². The second kappa shape index (κ2) is 6.39. The summed E-state index contributed by atoms with van der Waals surface area (Å²) in [6.07, 6.45) is 0.935. The number of ether oxygens (including phenoxy) is 1. The van der Waals surface area contributed by atoms with Gasteiger partial charge in [0.1, 0.15) is 5.75 Å². The summed E-state index contributed by atoms with van der Waals surface area (Å²) in [6, 6.07) is 5.83. The molecule has 0 aromatic heterocycles. The molecule has 1 atom stereocenters. The van der Waals surface area contributed by atoms with Crippen LogP contribution in [-0.4, -0.2) is 11.9 Å². The zero-order valence-electron chi connectivity index (χ0n) is 9.09. The molecule has 0 radical (unpaired) electrons. The largest absolute Gasteiger partial charge is 0.493 e. The molecule has 0 saturated heterocycles. The third kappa shape index (κ3) is 4.04. The number of alkyl halides is 1. The van der Waals surface area contributed by atoms with Crippen LogP contribution in [0, 0.1) is 5.92 Å². The van der Waals surface area contributed by atoms with Gasteiger partial charge in [-0.25, -0.2) is 0 Å². The summed E-state index contributed by atoms with van der Waals surface area (Å²) in [7, 11) is 0. The fraction of sp³-hybridized carbons (Fsp3) is 0.500. The van der Waals surface area contributed by atoms with Gasteiger partial charge in [-0.15, -0.1) is 0 Å². The van der Waals surface area contributed by atoms with E-state index in [4.69, 9.17) is 16.3 Å². The van der Waals surface area contributed by atoms with Crippen LogP contribution in [0.1, 0.15) is 19.4 Å². The van der Waals surface area contributed by atoms with E-state index in [0.29, 0.717) is 5.92 Å². The number of benzene rings is 1. The smallest absolute Gasteiger partial charge is 0.119 e. The summed E-state index contributed by atoms with van der Waals surface area (Å²) in [4.78, 5) is 0. The van der Waals surface area contributed by atoms with Gasteiger partial charge in [0.25, 0.3) is 0 Å². The lowest BCUT2D eigenvalue weighted by Crippen LogP contribution is -2.09. The van der Waals surface area contributed by atoms with Gasteiger partial charge in [-0.3, -0.25) is 0 Å². The maximum atomic E-state index is 6.02. The molecule has 84 valence electrons. The molecule has 0 N–H and O–H groups in total. The molecule has 3 heteroatoms. The number of hydrogen-bond donors (Lipinski definition) is 0. The Bertz CT molecular complexity index is 314. The standard InChI is InChI=1S/C12H16BrClO/c1-3-10-6-11(4-5-12(10)14)15-8-9(2)7-13/h4-6,9H,3,7-8H2,1-2H3. The van der Waals surface area contributed by atoms with Crippen LogP contribution in [-0.2, 0) is 6.42 Å². The molecule has 0 bridgehead atoms. The highest BCUT2D eigenvalue weighted by Crippen LogP contribution is 2.22. The highest BCUT2D eigenvalue weighted by Gasteiger charge is 2.03. The molecule has 0 fully saturated rings. The zero-order chi connectivity index (χ0) is 11.3. The SMILES string of the molecule is CCc1cc(OCC(C)CBr)ccc1Cl. The molecule has 1 unspecified atom stereocenters. The van der Waals surface area contributed by atoms with Crippen LogP contribution >= 0.6 is 27.5 Å². The Morgan fingerprint density at radius 2 is 2.20 bits per heavy atom. The van der Waals surface area contributed by atoms with Crippen molar-refractivity contribution in [1.82, 2.24) is 0 Å². The maximum absolute atomic E-state index is 6.02. The van der Waals surface area contributed by atoms with E-state index in [1.54, 1.807) is 0 Å². The Morgan fingerprint density at radius 1 is 1.47 bits per heavy atom. The first-order chi connectivity index (χ1) is 7.17. The van der Waals surface area contributed by atoms with Crippen molar-refractivity contribution in [3.63, 3.8) is 0 Å². The van der Waals surface area contributed by atoms with Gasteiger partial charge in [0.05, 0.1) is 6.61 Å². The molecule has 1 nitrogen and oxygen atoms in total. The molecule has 1 rings (SSSR count). The molecule has 0 heterocycles. The lowest BCUT2D eigenvalue weighted by molar-refractivity contribution is 0.274. The van der Waals surface area contributed by atoms with E-state index in [-0.39, 0.29) is 0 Å². The molecule has 1 aromatic carbocycles. The van der Waals surface area contributed by atoms with Gasteiger partial charge in [-0.05, 0) is 36.1 Å². The van der Waals surface area contributed by atoms with Gasteiger partial charge in [-0.1, -0.05) is 41.4 Å². The van der Waals surface area contributed by atoms with Gasteiger partial charge < -0.3 is 4.74 Å². The van der Waals surface area contributed by atoms with Crippen LogP contribution in [0.2, 0.25) is 5.02 Å². The number of hydrogen-bond acceptors (Lipinski definition) is 1. The fourth-order valence-corrected chi connectivity index (χ4v) is 1.63. The number of aryl methyl sites for hydroxylation is 1. The molecular formula is C12H16BrClO. The Hall–Kier alpha value is -0.210. The summed E-state index contributed by atoms with van der Waals surface area (Å²) >= 11 is 9.45. The van der Waals surface area contributed by atoms with Crippen molar-refractivity contribution in [1.29, 1.82) is 0 Å². The van der Waals surface area contributed by atoms with Gasteiger partial charge in [0.2, 0.25) is 0 Å². The van der Waals surface area contributed by atoms with E-state index in [1.165, 1.54) is 0 Å². The third-order valence-electron chi connectivity index (χ3n) is 2.20. The monoisotopic (exact) mass is 290 g/mol. The lowest BCUT2D eigenvalue weighted by atomic mass is 10.1. The molecule has 0 aliphatic heterocycles. The summed E-state index contributed by atoms with van der Waals surface area (Å²) in [6.45, 7) is 4.97. The number of halogens is 2. The first-order valence-corrected chi connectivity index (χ1v) is 6.64. The summed E-state index contributed by atoms with van der Waals surface area (Å²) in [5, 5.41) is 1.78. The van der Waals surface area contributed by atoms with Gasteiger partial charge in [-0.2, -0.15) is 0 Å². The molecule has 0 aliphatic rings. The molecule has 0 spiro atoms. The van der Waals surface area contributed by atoms with Crippen molar-refractivity contribution in [2.75, 3.05) is 11.9 Å². The third-order valence-corrected chi connectivity index (χ3v) is 3.67. The Labute approximate surface area is 105 Å². The fourth-order valence-electron chi connectivity index (χ4n) is 1.19. The molecule has 15 heavy (non-hydrogen) atoms. The van der Waals surface area contributed by atoms with E-state index in [9.17, 15) is 0 Å². The topological polar surface area (TPSA) is 9.23 Å². The second-order valence-electron chi connectivity index (χ2n) is 3.68. The molecule has 0 amide bonds. The van der Waals surface area contributed by atoms with Crippen molar-refractivity contribution in [3.8, 4) is 5.75 Å². The Balaban J connectivity index is 2.62. The second-order valence-corrected chi connectivity index (χ2v) is 4.73. The highest BCUT2D eigenvalue weighted by molar-refractivity contribution is 9.09. The molecular weight excluding hydrogens is 275 g/mol. The summed E-state index contributed by atoms with van der Waals surface area (Å²) in [5.74, 6) is 1.43. The van der Waals surface area contributed by atoms with Crippen LogP contribution in [0.4, 0.5) is 0 Å². The van der Waals surface area contributed by atoms with E-state index in [2.05, 4.69) is 29.8 Å². The van der Waals surface area contributed by atoms with Gasteiger partial charge >= 0.3 is 0 Å². The maximum Gasteiger partial charge on any atom is 0.119 e.